The SMILES string of the molecule is CCC1(CN=C(N)C2CCCC2)CC1. The molecule has 0 saturated heterocycles. The Morgan fingerprint density at radius 3 is 2.50 bits per heavy atom. The molecule has 0 aromatic carbocycles. The Balaban J connectivity index is 1.84. The minimum atomic E-state index is 0.559. The van der Waals surface area contributed by atoms with E-state index in [0.717, 1.165) is 12.4 Å². The maximum absolute atomic E-state index is 6.02. The van der Waals surface area contributed by atoms with E-state index in [9.17, 15) is 0 Å². The number of amidine groups is 1. The molecule has 2 aliphatic carbocycles. The van der Waals surface area contributed by atoms with Crippen LogP contribution >= 0.6 is 0 Å². The maximum atomic E-state index is 6.02. The van der Waals surface area contributed by atoms with Gasteiger partial charge in [0, 0.05) is 12.5 Å². The van der Waals surface area contributed by atoms with Gasteiger partial charge < -0.3 is 5.73 Å². The molecule has 0 bridgehead atoms. The summed E-state index contributed by atoms with van der Waals surface area (Å²) in [6.07, 6.45) is 9.24. The summed E-state index contributed by atoms with van der Waals surface area (Å²) in [5.41, 5.74) is 6.58. The summed E-state index contributed by atoms with van der Waals surface area (Å²) < 4.78 is 0. The first-order chi connectivity index (χ1) is 6.76. The lowest BCUT2D eigenvalue weighted by Gasteiger charge is -2.12. The van der Waals surface area contributed by atoms with Crippen LogP contribution in [0.15, 0.2) is 4.99 Å². The van der Waals surface area contributed by atoms with Crippen molar-refractivity contribution in [1.82, 2.24) is 0 Å². The first-order valence-electron chi connectivity index (χ1n) is 6.06. The average molecular weight is 194 g/mol. The summed E-state index contributed by atoms with van der Waals surface area (Å²) in [5.74, 6) is 1.56. The highest BCUT2D eigenvalue weighted by atomic mass is 14.9. The molecule has 2 heteroatoms. The van der Waals surface area contributed by atoms with Gasteiger partial charge in [0.2, 0.25) is 0 Å². The van der Waals surface area contributed by atoms with Crippen molar-refractivity contribution >= 4 is 5.84 Å². The molecule has 0 spiro atoms. The Morgan fingerprint density at radius 2 is 2.00 bits per heavy atom. The molecule has 0 heterocycles. The van der Waals surface area contributed by atoms with Crippen molar-refractivity contribution in [2.24, 2.45) is 22.1 Å². The maximum Gasteiger partial charge on any atom is 0.0968 e. The van der Waals surface area contributed by atoms with E-state index in [1.807, 2.05) is 0 Å². The molecule has 2 saturated carbocycles. The van der Waals surface area contributed by atoms with Crippen LogP contribution in [0.3, 0.4) is 0 Å². The third-order valence-corrected chi connectivity index (χ3v) is 4.08. The molecule has 2 aliphatic rings. The van der Waals surface area contributed by atoms with E-state index >= 15 is 0 Å². The fourth-order valence-electron chi connectivity index (χ4n) is 2.41. The highest BCUT2D eigenvalue weighted by Crippen LogP contribution is 2.48. The summed E-state index contributed by atoms with van der Waals surface area (Å²) in [5, 5.41) is 0. The van der Waals surface area contributed by atoms with Crippen molar-refractivity contribution in [3.05, 3.63) is 0 Å². The Hall–Kier alpha value is -0.530. The van der Waals surface area contributed by atoms with Crippen molar-refractivity contribution in [1.29, 1.82) is 0 Å². The smallest absolute Gasteiger partial charge is 0.0968 e. The highest BCUT2D eigenvalue weighted by molar-refractivity contribution is 5.83. The fraction of sp³-hybridized carbons (Fsp3) is 0.917. The molecule has 2 nitrogen and oxygen atoms in total. The molecule has 2 rings (SSSR count). The topological polar surface area (TPSA) is 38.4 Å². The largest absolute Gasteiger partial charge is 0.387 e. The third kappa shape index (κ3) is 2.10. The predicted molar refractivity (Wildman–Crippen MR) is 60.4 cm³/mol. The minimum absolute atomic E-state index is 0.559. The van der Waals surface area contributed by atoms with Crippen LogP contribution in [0.4, 0.5) is 0 Å². The second-order valence-electron chi connectivity index (χ2n) is 5.08. The molecule has 0 unspecified atom stereocenters. The Bertz CT molecular complexity index is 222. The second kappa shape index (κ2) is 3.92. The van der Waals surface area contributed by atoms with Gasteiger partial charge >= 0.3 is 0 Å². The van der Waals surface area contributed by atoms with Gasteiger partial charge in [0.15, 0.2) is 0 Å². The Kier molecular flexibility index (Phi) is 2.80. The second-order valence-corrected chi connectivity index (χ2v) is 5.08. The lowest BCUT2D eigenvalue weighted by atomic mass is 10.0. The van der Waals surface area contributed by atoms with Crippen LogP contribution in [-0.4, -0.2) is 12.4 Å². The van der Waals surface area contributed by atoms with Crippen LogP contribution in [-0.2, 0) is 0 Å². The molecular weight excluding hydrogens is 172 g/mol. The number of rotatable bonds is 4. The molecule has 0 atom stereocenters. The van der Waals surface area contributed by atoms with E-state index in [0.29, 0.717) is 11.3 Å². The van der Waals surface area contributed by atoms with Crippen LogP contribution in [0, 0.1) is 11.3 Å². The minimum Gasteiger partial charge on any atom is -0.387 e. The van der Waals surface area contributed by atoms with Gasteiger partial charge in [0.25, 0.3) is 0 Å². The Morgan fingerprint density at radius 1 is 1.36 bits per heavy atom. The van der Waals surface area contributed by atoms with Gasteiger partial charge in [-0.2, -0.15) is 0 Å². The summed E-state index contributed by atoms with van der Waals surface area (Å²) in [7, 11) is 0. The normalized spacial score (nSPS) is 26.8. The van der Waals surface area contributed by atoms with Crippen LogP contribution in [0.1, 0.15) is 51.9 Å². The molecule has 14 heavy (non-hydrogen) atoms. The number of nitrogens with zero attached hydrogens (tertiary/aromatic N) is 1. The Labute approximate surface area is 87.0 Å². The van der Waals surface area contributed by atoms with Gasteiger partial charge in [-0.25, -0.2) is 0 Å². The van der Waals surface area contributed by atoms with E-state index in [1.165, 1.54) is 44.9 Å². The number of nitrogens with two attached hydrogens (primary N) is 1. The fourth-order valence-corrected chi connectivity index (χ4v) is 2.41. The predicted octanol–water partition coefficient (Wildman–Crippen LogP) is 2.72. The summed E-state index contributed by atoms with van der Waals surface area (Å²) >= 11 is 0. The molecule has 80 valence electrons. The van der Waals surface area contributed by atoms with Crippen LogP contribution in [0.5, 0.6) is 0 Å². The van der Waals surface area contributed by atoms with E-state index in [-0.39, 0.29) is 0 Å². The molecule has 2 N–H and O–H groups in total. The van der Waals surface area contributed by atoms with Crippen molar-refractivity contribution in [2.75, 3.05) is 6.54 Å². The number of hydrogen-bond donors (Lipinski definition) is 1. The van der Waals surface area contributed by atoms with Gasteiger partial charge in [-0.1, -0.05) is 19.8 Å². The molecular formula is C12H22N2. The lowest BCUT2D eigenvalue weighted by Crippen LogP contribution is -2.23. The van der Waals surface area contributed by atoms with Crippen molar-refractivity contribution in [3.63, 3.8) is 0 Å². The summed E-state index contributed by atoms with van der Waals surface area (Å²) in [6.45, 7) is 3.26. The van der Waals surface area contributed by atoms with Crippen molar-refractivity contribution < 1.29 is 0 Å². The molecule has 0 aromatic heterocycles. The quantitative estimate of drug-likeness (QED) is 0.542. The average Bonchev–Trinajstić information content (AvgIpc) is 2.78. The van der Waals surface area contributed by atoms with E-state index in [1.54, 1.807) is 0 Å². The molecule has 0 aliphatic heterocycles. The summed E-state index contributed by atoms with van der Waals surface area (Å²) in [6, 6.07) is 0. The monoisotopic (exact) mass is 194 g/mol. The third-order valence-electron chi connectivity index (χ3n) is 4.08. The van der Waals surface area contributed by atoms with Gasteiger partial charge in [-0.05, 0) is 37.5 Å². The number of hydrogen-bond acceptors (Lipinski definition) is 1. The van der Waals surface area contributed by atoms with Crippen LogP contribution in [0.25, 0.3) is 0 Å². The highest BCUT2D eigenvalue weighted by Gasteiger charge is 2.40. The van der Waals surface area contributed by atoms with E-state index in [4.69, 9.17) is 5.73 Å². The lowest BCUT2D eigenvalue weighted by molar-refractivity contribution is 0.503. The van der Waals surface area contributed by atoms with Gasteiger partial charge in [-0.3, -0.25) is 4.99 Å². The van der Waals surface area contributed by atoms with Crippen LogP contribution in [0.2, 0.25) is 0 Å². The van der Waals surface area contributed by atoms with Gasteiger partial charge in [0.1, 0.15) is 0 Å². The molecule has 0 radical (unpaired) electrons. The first-order valence-corrected chi connectivity index (χ1v) is 6.06. The van der Waals surface area contributed by atoms with E-state index < -0.39 is 0 Å². The first kappa shape index (κ1) is 10.0. The molecule has 0 aromatic rings. The van der Waals surface area contributed by atoms with Crippen molar-refractivity contribution in [2.45, 2.75) is 51.9 Å². The zero-order valence-electron chi connectivity index (χ0n) is 9.26. The zero-order chi connectivity index (χ0) is 10.0. The van der Waals surface area contributed by atoms with Crippen LogP contribution < -0.4 is 5.73 Å². The molecule has 2 fully saturated rings. The van der Waals surface area contributed by atoms with Gasteiger partial charge in [0.05, 0.1) is 5.84 Å². The zero-order valence-corrected chi connectivity index (χ0v) is 9.26. The van der Waals surface area contributed by atoms with E-state index in [2.05, 4.69) is 11.9 Å². The summed E-state index contributed by atoms with van der Waals surface area (Å²) in [4.78, 5) is 4.61. The van der Waals surface area contributed by atoms with Crippen molar-refractivity contribution in [3.8, 4) is 0 Å². The number of aliphatic imine (C=N–C) groups is 1. The standard InChI is InChI=1S/C12H22N2/c1-2-12(7-8-12)9-14-11(13)10-5-3-4-6-10/h10H,2-9H2,1H3,(H2,13,14). The van der Waals surface area contributed by atoms with Gasteiger partial charge in [-0.15, -0.1) is 0 Å². The molecule has 0 amide bonds.